The molecule has 4 rings (SSSR count). The number of carbonyl (C=O) groups is 1. The van der Waals surface area contributed by atoms with E-state index in [0.29, 0.717) is 17.3 Å². The van der Waals surface area contributed by atoms with Crippen molar-refractivity contribution >= 4 is 28.6 Å². The summed E-state index contributed by atoms with van der Waals surface area (Å²) in [7, 11) is 0. The molecular formula is C23H25N5O2. The van der Waals surface area contributed by atoms with Crippen molar-refractivity contribution in [2.45, 2.75) is 32.7 Å². The molecule has 7 nitrogen and oxygen atoms in total. The molecule has 1 aromatic heterocycles. The first-order valence-corrected chi connectivity index (χ1v) is 10.4. The van der Waals surface area contributed by atoms with Crippen molar-refractivity contribution in [1.29, 1.82) is 0 Å². The Morgan fingerprint density at radius 2 is 1.77 bits per heavy atom. The lowest BCUT2D eigenvalue weighted by Crippen LogP contribution is -2.29. The summed E-state index contributed by atoms with van der Waals surface area (Å²) in [5.41, 5.74) is 4.62. The summed E-state index contributed by atoms with van der Waals surface area (Å²) < 4.78 is 1.29. The quantitative estimate of drug-likeness (QED) is 0.524. The molecule has 0 unspecified atom stereocenters. The van der Waals surface area contributed by atoms with Crippen LogP contribution >= 0.6 is 0 Å². The third-order valence-electron chi connectivity index (χ3n) is 5.38. The number of hydrazone groups is 1. The van der Waals surface area contributed by atoms with Gasteiger partial charge in [-0.25, -0.2) is 10.1 Å². The number of aromatic nitrogens is 2. The Bertz CT molecular complexity index is 1130. The van der Waals surface area contributed by atoms with Crippen LogP contribution in [0.5, 0.6) is 0 Å². The second-order valence-corrected chi connectivity index (χ2v) is 7.35. The number of hydrogen-bond acceptors (Lipinski definition) is 5. The number of hydrogen-bond donors (Lipinski definition) is 1. The van der Waals surface area contributed by atoms with E-state index in [1.165, 1.54) is 29.6 Å². The Morgan fingerprint density at radius 1 is 1.07 bits per heavy atom. The molecule has 1 aliphatic rings. The van der Waals surface area contributed by atoms with Gasteiger partial charge in [-0.05, 0) is 49.9 Å². The molecule has 0 saturated carbocycles. The summed E-state index contributed by atoms with van der Waals surface area (Å²) in [4.78, 5) is 27.5. The van der Waals surface area contributed by atoms with Crippen LogP contribution in [0, 0.1) is 0 Å². The van der Waals surface area contributed by atoms with Crippen LogP contribution in [0.15, 0.2) is 58.4 Å². The third-order valence-corrected chi connectivity index (χ3v) is 5.38. The zero-order valence-electron chi connectivity index (χ0n) is 17.0. The lowest BCUT2D eigenvalue weighted by Gasteiger charge is -2.28. The molecule has 0 atom stereocenters. The van der Waals surface area contributed by atoms with Gasteiger partial charge in [0.05, 0.1) is 11.6 Å². The predicted molar refractivity (Wildman–Crippen MR) is 119 cm³/mol. The minimum absolute atomic E-state index is 0.185. The zero-order valence-corrected chi connectivity index (χ0v) is 17.0. The molecule has 154 valence electrons. The van der Waals surface area contributed by atoms with Crippen LogP contribution in [0.25, 0.3) is 10.8 Å². The fourth-order valence-electron chi connectivity index (χ4n) is 3.76. The maximum atomic E-state index is 12.7. The molecule has 1 amide bonds. The standard InChI is InChI=1S/C23H25N5O2/c1-2-28-23(30)20-9-5-4-8-19(20)21(26-28)22(29)25-24-16-17-10-12-18(13-11-17)27-14-6-3-7-15-27/h4-5,8-13,16H,2-3,6-7,14-15H2,1H3,(H,25,29)/b24-16-. The molecule has 0 spiro atoms. The zero-order chi connectivity index (χ0) is 20.9. The number of aryl methyl sites for hydroxylation is 1. The Hall–Kier alpha value is -3.48. The normalized spacial score (nSPS) is 14.4. The number of rotatable bonds is 5. The molecule has 7 heteroatoms. The molecule has 1 N–H and O–H groups in total. The fraction of sp³-hybridized carbons (Fsp3) is 0.304. The number of benzene rings is 2. The minimum Gasteiger partial charge on any atom is -0.372 e. The van der Waals surface area contributed by atoms with Crippen LogP contribution in [0.3, 0.4) is 0 Å². The number of piperidine rings is 1. The van der Waals surface area contributed by atoms with Gasteiger partial charge < -0.3 is 4.90 Å². The van der Waals surface area contributed by atoms with Crippen molar-refractivity contribution < 1.29 is 4.79 Å². The van der Waals surface area contributed by atoms with Gasteiger partial charge in [-0.2, -0.15) is 10.2 Å². The molecule has 3 aromatic rings. The van der Waals surface area contributed by atoms with Gasteiger partial charge in [-0.15, -0.1) is 0 Å². The van der Waals surface area contributed by atoms with Crippen molar-refractivity contribution in [3.8, 4) is 0 Å². The summed E-state index contributed by atoms with van der Waals surface area (Å²) in [5, 5.41) is 9.29. The Labute approximate surface area is 175 Å². The van der Waals surface area contributed by atoms with Gasteiger partial charge in [-0.3, -0.25) is 9.59 Å². The molecule has 0 bridgehead atoms. The van der Waals surface area contributed by atoms with Crippen molar-refractivity contribution in [3.63, 3.8) is 0 Å². The minimum atomic E-state index is -0.449. The summed E-state index contributed by atoms with van der Waals surface area (Å²) >= 11 is 0. The van der Waals surface area contributed by atoms with E-state index in [-0.39, 0.29) is 11.3 Å². The highest BCUT2D eigenvalue weighted by molar-refractivity contribution is 6.04. The van der Waals surface area contributed by atoms with Gasteiger partial charge in [-0.1, -0.05) is 30.3 Å². The van der Waals surface area contributed by atoms with Crippen LogP contribution in [-0.4, -0.2) is 35.0 Å². The second kappa shape index (κ2) is 8.90. The summed E-state index contributed by atoms with van der Waals surface area (Å²) in [6.45, 7) is 4.40. The maximum Gasteiger partial charge on any atom is 0.292 e. The highest BCUT2D eigenvalue weighted by Gasteiger charge is 2.15. The van der Waals surface area contributed by atoms with Crippen LogP contribution in [0.2, 0.25) is 0 Å². The van der Waals surface area contributed by atoms with Crippen LogP contribution < -0.4 is 15.9 Å². The topological polar surface area (TPSA) is 79.6 Å². The summed E-state index contributed by atoms with van der Waals surface area (Å²) in [5.74, 6) is -0.449. The van der Waals surface area contributed by atoms with Crippen molar-refractivity contribution in [3.05, 3.63) is 70.1 Å². The molecule has 0 aliphatic carbocycles. The second-order valence-electron chi connectivity index (χ2n) is 7.35. The number of fused-ring (bicyclic) bond motifs is 1. The Balaban J connectivity index is 1.49. The number of carbonyl (C=O) groups excluding carboxylic acids is 1. The van der Waals surface area contributed by atoms with Gasteiger partial charge in [0.1, 0.15) is 0 Å². The first-order chi connectivity index (χ1) is 14.7. The first kappa shape index (κ1) is 19.8. The molecule has 1 saturated heterocycles. The average Bonchev–Trinajstić information content (AvgIpc) is 2.80. The largest absolute Gasteiger partial charge is 0.372 e. The lowest BCUT2D eigenvalue weighted by molar-refractivity contribution is 0.0949. The molecule has 2 heterocycles. The predicted octanol–water partition coefficient (Wildman–Crippen LogP) is 3.17. The highest BCUT2D eigenvalue weighted by Crippen LogP contribution is 2.19. The SMILES string of the molecule is CCn1nc(C(=O)N/N=C\c2ccc(N3CCCCC3)cc2)c2ccccc2c1=O. The van der Waals surface area contributed by atoms with E-state index in [9.17, 15) is 9.59 Å². The smallest absolute Gasteiger partial charge is 0.292 e. The molecule has 30 heavy (non-hydrogen) atoms. The van der Waals surface area contributed by atoms with E-state index >= 15 is 0 Å². The van der Waals surface area contributed by atoms with Gasteiger partial charge in [0, 0.05) is 30.7 Å². The molecule has 1 aliphatic heterocycles. The van der Waals surface area contributed by atoms with E-state index in [1.54, 1.807) is 30.5 Å². The van der Waals surface area contributed by atoms with Crippen molar-refractivity contribution in [2.24, 2.45) is 5.10 Å². The number of amides is 1. The first-order valence-electron chi connectivity index (χ1n) is 10.4. The van der Waals surface area contributed by atoms with Crippen LogP contribution in [0.1, 0.15) is 42.2 Å². The number of anilines is 1. The van der Waals surface area contributed by atoms with E-state index in [1.807, 2.05) is 19.1 Å². The molecular weight excluding hydrogens is 378 g/mol. The number of nitrogens with one attached hydrogen (secondary N) is 1. The van der Waals surface area contributed by atoms with Gasteiger partial charge >= 0.3 is 0 Å². The average molecular weight is 403 g/mol. The van der Waals surface area contributed by atoms with E-state index in [4.69, 9.17) is 0 Å². The lowest BCUT2D eigenvalue weighted by atomic mass is 10.1. The molecule has 0 radical (unpaired) electrons. The monoisotopic (exact) mass is 403 g/mol. The van der Waals surface area contributed by atoms with E-state index in [0.717, 1.165) is 18.7 Å². The maximum absolute atomic E-state index is 12.7. The van der Waals surface area contributed by atoms with Crippen LogP contribution in [-0.2, 0) is 6.54 Å². The van der Waals surface area contributed by atoms with Crippen LogP contribution in [0.4, 0.5) is 5.69 Å². The van der Waals surface area contributed by atoms with E-state index in [2.05, 4.69) is 32.7 Å². The Morgan fingerprint density at radius 3 is 2.47 bits per heavy atom. The summed E-state index contributed by atoms with van der Waals surface area (Å²) in [6.07, 6.45) is 5.39. The highest BCUT2D eigenvalue weighted by atomic mass is 16.2. The van der Waals surface area contributed by atoms with Crippen molar-refractivity contribution in [1.82, 2.24) is 15.2 Å². The van der Waals surface area contributed by atoms with Crippen molar-refractivity contribution in [2.75, 3.05) is 18.0 Å². The molecule has 2 aromatic carbocycles. The van der Waals surface area contributed by atoms with Gasteiger partial charge in [0.25, 0.3) is 11.5 Å². The van der Waals surface area contributed by atoms with Gasteiger partial charge in [0.15, 0.2) is 5.69 Å². The van der Waals surface area contributed by atoms with Gasteiger partial charge in [0.2, 0.25) is 0 Å². The summed E-state index contributed by atoms with van der Waals surface area (Å²) in [6, 6.07) is 15.1. The number of nitrogens with zero attached hydrogens (tertiary/aromatic N) is 4. The molecule has 1 fully saturated rings. The van der Waals surface area contributed by atoms with E-state index < -0.39 is 5.91 Å². The third kappa shape index (κ3) is 4.10. The fourth-order valence-corrected chi connectivity index (χ4v) is 3.76. The Kier molecular flexibility index (Phi) is 5.88.